The van der Waals surface area contributed by atoms with E-state index in [4.69, 9.17) is 4.74 Å². The summed E-state index contributed by atoms with van der Waals surface area (Å²) in [5, 5.41) is 3.94. The van der Waals surface area contributed by atoms with Crippen molar-refractivity contribution in [1.29, 1.82) is 0 Å². The predicted octanol–water partition coefficient (Wildman–Crippen LogP) is 0.789. The van der Waals surface area contributed by atoms with Crippen LogP contribution in [0.4, 0.5) is 0 Å². The van der Waals surface area contributed by atoms with Crippen molar-refractivity contribution in [1.82, 2.24) is 19.7 Å². The van der Waals surface area contributed by atoms with Crippen molar-refractivity contribution in [3.05, 3.63) is 36.7 Å². The molecule has 0 saturated carbocycles. The largest absolute Gasteiger partial charge is 0.484 e. The van der Waals surface area contributed by atoms with Gasteiger partial charge in [-0.2, -0.15) is 5.10 Å². The summed E-state index contributed by atoms with van der Waals surface area (Å²) in [6.07, 6.45) is 4.87. The van der Waals surface area contributed by atoms with E-state index in [1.807, 2.05) is 19.2 Å². The second kappa shape index (κ2) is 3.87. The molecule has 0 saturated heterocycles. The highest BCUT2D eigenvalue weighted by molar-refractivity contribution is 5.15. The van der Waals surface area contributed by atoms with Crippen molar-refractivity contribution in [2.24, 2.45) is 7.05 Å². The lowest BCUT2D eigenvalue weighted by Gasteiger charge is -2.03. The van der Waals surface area contributed by atoms with Gasteiger partial charge in [0, 0.05) is 13.2 Å². The van der Waals surface area contributed by atoms with Gasteiger partial charge in [-0.1, -0.05) is 0 Å². The van der Waals surface area contributed by atoms with Gasteiger partial charge < -0.3 is 4.74 Å². The van der Waals surface area contributed by atoms with Crippen LogP contribution >= 0.6 is 0 Å². The van der Waals surface area contributed by atoms with E-state index in [0.717, 1.165) is 11.6 Å². The fourth-order valence-electron chi connectivity index (χ4n) is 1.03. The first-order chi connectivity index (χ1) is 6.86. The first-order valence-corrected chi connectivity index (χ1v) is 4.22. The SMILES string of the molecule is Cn1ncnc1COc1cccnc1. The molecule has 5 nitrogen and oxygen atoms in total. The quantitative estimate of drug-likeness (QED) is 0.718. The standard InChI is InChI=1S/C9H10N4O/c1-13-9(11-7-12-13)6-14-8-3-2-4-10-5-8/h2-5,7H,6H2,1H3. The lowest BCUT2D eigenvalue weighted by molar-refractivity contribution is 0.288. The van der Waals surface area contributed by atoms with E-state index in [0.29, 0.717) is 6.61 Å². The topological polar surface area (TPSA) is 52.8 Å². The number of aryl methyl sites for hydroxylation is 1. The lowest BCUT2D eigenvalue weighted by Crippen LogP contribution is -2.04. The van der Waals surface area contributed by atoms with Crippen molar-refractivity contribution in [2.45, 2.75) is 6.61 Å². The fraction of sp³-hybridized carbons (Fsp3) is 0.222. The van der Waals surface area contributed by atoms with Crippen molar-refractivity contribution in [3.8, 4) is 5.75 Å². The third kappa shape index (κ3) is 1.87. The Balaban J connectivity index is 1.99. The summed E-state index contributed by atoms with van der Waals surface area (Å²) in [5.41, 5.74) is 0. The van der Waals surface area contributed by atoms with Gasteiger partial charge in [0.15, 0.2) is 5.82 Å². The van der Waals surface area contributed by atoms with Crippen LogP contribution in [-0.4, -0.2) is 19.7 Å². The van der Waals surface area contributed by atoms with Gasteiger partial charge >= 0.3 is 0 Å². The molecular formula is C9H10N4O. The number of nitrogens with zero attached hydrogens (tertiary/aromatic N) is 4. The molecule has 2 aromatic heterocycles. The Kier molecular flexibility index (Phi) is 2.40. The van der Waals surface area contributed by atoms with Crippen LogP contribution in [0.2, 0.25) is 0 Å². The highest BCUT2D eigenvalue weighted by Gasteiger charge is 2.00. The molecule has 0 aliphatic rings. The van der Waals surface area contributed by atoms with Crippen LogP contribution in [0.25, 0.3) is 0 Å². The average molecular weight is 190 g/mol. The molecule has 0 radical (unpaired) electrons. The van der Waals surface area contributed by atoms with Crippen LogP contribution in [0.5, 0.6) is 5.75 Å². The molecule has 0 aliphatic carbocycles. The summed E-state index contributed by atoms with van der Waals surface area (Å²) in [6, 6.07) is 3.68. The first-order valence-electron chi connectivity index (χ1n) is 4.22. The van der Waals surface area contributed by atoms with E-state index < -0.39 is 0 Å². The number of pyridine rings is 1. The van der Waals surface area contributed by atoms with Gasteiger partial charge in [-0.25, -0.2) is 4.98 Å². The fourth-order valence-corrected chi connectivity index (χ4v) is 1.03. The zero-order chi connectivity index (χ0) is 9.80. The summed E-state index contributed by atoms with van der Waals surface area (Å²) in [4.78, 5) is 7.98. The molecule has 14 heavy (non-hydrogen) atoms. The van der Waals surface area contributed by atoms with Gasteiger partial charge in [-0.3, -0.25) is 9.67 Å². The summed E-state index contributed by atoms with van der Waals surface area (Å²) in [6.45, 7) is 0.405. The maximum atomic E-state index is 5.45. The number of rotatable bonds is 3. The Hall–Kier alpha value is -1.91. The van der Waals surface area contributed by atoms with Crippen molar-refractivity contribution in [3.63, 3.8) is 0 Å². The molecule has 2 heterocycles. The van der Waals surface area contributed by atoms with Crippen molar-refractivity contribution in [2.75, 3.05) is 0 Å². The Morgan fingerprint density at radius 3 is 3.07 bits per heavy atom. The molecule has 0 amide bonds. The van der Waals surface area contributed by atoms with Crippen LogP contribution in [0, 0.1) is 0 Å². The molecule has 5 heteroatoms. The van der Waals surface area contributed by atoms with Gasteiger partial charge in [0.1, 0.15) is 18.7 Å². The molecule has 0 fully saturated rings. The van der Waals surface area contributed by atoms with Gasteiger partial charge in [-0.15, -0.1) is 0 Å². The van der Waals surface area contributed by atoms with E-state index in [-0.39, 0.29) is 0 Å². The van der Waals surface area contributed by atoms with E-state index in [1.165, 1.54) is 6.33 Å². The molecular weight excluding hydrogens is 180 g/mol. The molecule has 72 valence electrons. The van der Waals surface area contributed by atoms with Gasteiger partial charge in [0.25, 0.3) is 0 Å². The minimum absolute atomic E-state index is 0.405. The molecule has 0 spiro atoms. The van der Waals surface area contributed by atoms with Crippen LogP contribution in [0.1, 0.15) is 5.82 Å². The normalized spacial score (nSPS) is 10.1. The highest BCUT2D eigenvalue weighted by Crippen LogP contribution is 2.07. The minimum Gasteiger partial charge on any atom is -0.484 e. The maximum absolute atomic E-state index is 5.45. The monoisotopic (exact) mass is 190 g/mol. The molecule has 0 N–H and O–H groups in total. The van der Waals surface area contributed by atoms with Gasteiger partial charge in [0.05, 0.1) is 6.20 Å². The second-order valence-corrected chi connectivity index (χ2v) is 2.78. The third-order valence-electron chi connectivity index (χ3n) is 1.81. The van der Waals surface area contributed by atoms with E-state index >= 15 is 0 Å². The van der Waals surface area contributed by atoms with Crippen LogP contribution in [-0.2, 0) is 13.7 Å². The Morgan fingerprint density at radius 1 is 1.50 bits per heavy atom. The number of hydrogen-bond acceptors (Lipinski definition) is 4. The zero-order valence-corrected chi connectivity index (χ0v) is 7.79. The lowest BCUT2D eigenvalue weighted by atomic mass is 10.5. The molecule has 2 aromatic rings. The number of hydrogen-bond donors (Lipinski definition) is 0. The maximum Gasteiger partial charge on any atom is 0.164 e. The molecule has 0 bridgehead atoms. The van der Waals surface area contributed by atoms with Crippen LogP contribution in [0.3, 0.4) is 0 Å². The summed E-state index contributed by atoms with van der Waals surface area (Å²) in [5.74, 6) is 1.52. The summed E-state index contributed by atoms with van der Waals surface area (Å²) < 4.78 is 7.12. The Morgan fingerprint density at radius 2 is 2.43 bits per heavy atom. The van der Waals surface area contributed by atoms with E-state index in [9.17, 15) is 0 Å². The molecule has 0 aromatic carbocycles. The average Bonchev–Trinajstić information content (AvgIpc) is 2.63. The number of ether oxygens (including phenoxy) is 1. The molecule has 0 aliphatic heterocycles. The smallest absolute Gasteiger partial charge is 0.164 e. The predicted molar refractivity (Wildman–Crippen MR) is 49.6 cm³/mol. The molecule has 0 unspecified atom stereocenters. The summed E-state index contributed by atoms with van der Waals surface area (Å²) >= 11 is 0. The first kappa shape index (κ1) is 8.68. The van der Waals surface area contributed by atoms with Crippen LogP contribution < -0.4 is 4.74 Å². The van der Waals surface area contributed by atoms with E-state index in [2.05, 4.69) is 15.1 Å². The zero-order valence-electron chi connectivity index (χ0n) is 7.79. The van der Waals surface area contributed by atoms with E-state index in [1.54, 1.807) is 17.1 Å². The van der Waals surface area contributed by atoms with Gasteiger partial charge in [0.2, 0.25) is 0 Å². The Labute approximate surface area is 81.4 Å². The van der Waals surface area contributed by atoms with Crippen LogP contribution in [0.15, 0.2) is 30.9 Å². The third-order valence-corrected chi connectivity index (χ3v) is 1.81. The van der Waals surface area contributed by atoms with Gasteiger partial charge in [-0.05, 0) is 12.1 Å². The molecule has 2 rings (SSSR count). The Bertz CT molecular complexity index is 398. The highest BCUT2D eigenvalue weighted by atomic mass is 16.5. The van der Waals surface area contributed by atoms with Crippen molar-refractivity contribution < 1.29 is 4.74 Å². The second-order valence-electron chi connectivity index (χ2n) is 2.78. The number of aromatic nitrogens is 4. The molecule has 0 atom stereocenters. The van der Waals surface area contributed by atoms with Crippen molar-refractivity contribution >= 4 is 0 Å². The minimum atomic E-state index is 0.405. The summed E-state index contributed by atoms with van der Waals surface area (Å²) in [7, 11) is 1.83.